The molecule has 152 valence electrons. The van der Waals surface area contributed by atoms with Crippen molar-refractivity contribution in [3.63, 3.8) is 0 Å². The minimum absolute atomic E-state index is 0.0860. The third-order valence-corrected chi connectivity index (χ3v) is 4.68. The van der Waals surface area contributed by atoms with Crippen molar-refractivity contribution in [1.29, 1.82) is 0 Å². The lowest BCUT2D eigenvalue weighted by Crippen LogP contribution is -2.30. The number of carbonyl (C=O) groups is 2. The zero-order valence-electron chi connectivity index (χ0n) is 16.8. The van der Waals surface area contributed by atoms with E-state index in [1.807, 2.05) is 18.2 Å². The van der Waals surface area contributed by atoms with Gasteiger partial charge in [0.1, 0.15) is 0 Å². The molecule has 0 aliphatic heterocycles. The van der Waals surface area contributed by atoms with Crippen molar-refractivity contribution in [2.75, 3.05) is 0 Å². The maximum Gasteiger partial charge on any atom is 0.274 e. The van der Waals surface area contributed by atoms with Crippen LogP contribution in [-0.4, -0.2) is 17.9 Å². The fraction of sp³-hybridized carbons (Fsp3) is 0.636. The Balaban J connectivity index is 2.29. The van der Waals surface area contributed by atoms with Gasteiger partial charge in [0.05, 0.1) is 6.10 Å². The number of amides is 2. The molecule has 27 heavy (non-hydrogen) atoms. The molecule has 1 rings (SSSR count). The SMILES string of the molecule is CCCCCCCCCCC(CCCC(N)=O)ONC(=O)c1ccccc1. The Hall–Kier alpha value is -1.88. The Morgan fingerprint density at radius 2 is 1.52 bits per heavy atom. The molecule has 3 N–H and O–H groups in total. The summed E-state index contributed by atoms with van der Waals surface area (Å²) in [6.45, 7) is 2.23. The van der Waals surface area contributed by atoms with Crippen molar-refractivity contribution in [2.45, 2.75) is 90.1 Å². The molecule has 1 atom stereocenters. The quantitative estimate of drug-likeness (QED) is 0.318. The van der Waals surface area contributed by atoms with Crippen molar-refractivity contribution < 1.29 is 14.4 Å². The second kappa shape index (κ2) is 15.2. The van der Waals surface area contributed by atoms with Crippen molar-refractivity contribution in [3.05, 3.63) is 35.9 Å². The minimum Gasteiger partial charge on any atom is -0.370 e. The number of hydrogen-bond acceptors (Lipinski definition) is 3. The highest BCUT2D eigenvalue weighted by Crippen LogP contribution is 2.15. The zero-order chi connectivity index (χ0) is 19.7. The van der Waals surface area contributed by atoms with Crippen LogP contribution in [0.5, 0.6) is 0 Å². The highest BCUT2D eigenvalue weighted by Gasteiger charge is 2.13. The minimum atomic E-state index is -0.297. The first-order chi connectivity index (χ1) is 13.1. The Bertz CT molecular complexity index is 520. The first kappa shape index (κ1) is 23.2. The molecule has 0 aromatic heterocycles. The van der Waals surface area contributed by atoms with E-state index in [0.717, 1.165) is 12.8 Å². The van der Waals surface area contributed by atoms with Gasteiger partial charge in [-0.05, 0) is 31.4 Å². The van der Waals surface area contributed by atoms with Crippen LogP contribution < -0.4 is 11.2 Å². The number of carbonyl (C=O) groups excluding carboxylic acids is 2. The fourth-order valence-electron chi connectivity index (χ4n) is 3.06. The standard InChI is InChI=1S/C22H36N2O3/c1-2-3-4-5-6-7-8-12-16-20(17-13-18-21(23)25)27-24-22(26)19-14-10-9-11-15-19/h9-11,14-15,20H,2-8,12-13,16-18H2,1H3,(H2,23,25)(H,24,26). The first-order valence-electron chi connectivity index (χ1n) is 10.4. The van der Waals surface area contributed by atoms with E-state index in [4.69, 9.17) is 10.6 Å². The normalized spacial score (nSPS) is 11.9. The smallest absolute Gasteiger partial charge is 0.274 e. The van der Waals surface area contributed by atoms with E-state index in [2.05, 4.69) is 12.4 Å². The number of nitrogens with one attached hydrogen (secondary N) is 1. The van der Waals surface area contributed by atoms with Crippen LogP contribution in [-0.2, 0) is 9.63 Å². The summed E-state index contributed by atoms with van der Waals surface area (Å²) < 4.78 is 0. The lowest BCUT2D eigenvalue weighted by atomic mass is 10.0. The summed E-state index contributed by atoms with van der Waals surface area (Å²) in [5.41, 5.74) is 8.34. The maximum atomic E-state index is 12.1. The van der Waals surface area contributed by atoms with Gasteiger partial charge in [0, 0.05) is 12.0 Å². The summed E-state index contributed by atoms with van der Waals surface area (Å²) in [5.74, 6) is -0.541. The Morgan fingerprint density at radius 3 is 2.15 bits per heavy atom. The van der Waals surface area contributed by atoms with Gasteiger partial charge in [-0.25, -0.2) is 5.48 Å². The molecular weight excluding hydrogens is 340 g/mol. The third kappa shape index (κ3) is 12.2. The lowest BCUT2D eigenvalue weighted by Gasteiger charge is -2.17. The van der Waals surface area contributed by atoms with E-state index < -0.39 is 0 Å². The number of nitrogens with two attached hydrogens (primary N) is 1. The van der Waals surface area contributed by atoms with Crippen molar-refractivity contribution in [1.82, 2.24) is 5.48 Å². The molecule has 0 bridgehead atoms. The van der Waals surface area contributed by atoms with Gasteiger partial charge in [-0.1, -0.05) is 76.5 Å². The number of rotatable bonds is 16. The topological polar surface area (TPSA) is 81.4 Å². The van der Waals surface area contributed by atoms with Gasteiger partial charge in [-0.3, -0.25) is 14.4 Å². The average molecular weight is 377 g/mol. The van der Waals surface area contributed by atoms with Gasteiger partial charge >= 0.3 is 0 Å². The maximum absolute atomic E-state index is 12.1. The summed E-state index contributed by atoms with van der Waals surface area (Å²) in [6, 6.07) is 9.00. The number of unbranched alkanes of at least 4 members (excludes halogenated alkanes) is 7. The van der Waals surface area contributed by atoms with Crippen LogP contribution in [0.1, 0.15) is 94.3 Å². The van der Waals surface area contributed by atoms with E-state index in [0.29, 0.717) is 24.8 Å². The van der Waals surface area contributed by atoms with Crippen molar-refractivity contribution >= 4 is 11.8 Å². The largest absolute Gasteiger partial charge is 0.370 e. The van der Waals surface area contributed by atoms with Gasteiger partial charge in [0.2, 0.25) is 5.91 Å². The summed E-state index contributed by atoms with van der Waals surface area (Å²) >= 11 is 0. The average Bonchev–Trinajstić information content (AvgIpc) is 2.67. The van der Waals surface area contributed by atoms with E-state index in [1.165, 1.54) is 44.9 Å². The van der Waals surface area contributed by atoms with Gasteiger partial charge in [0.25, 0.3) is 5.91 Å². The molecule has 5 nitrogen and oxygen atoms in total. The molecule has 2 amide bonds. The van der Waals surface area contributed by atoms with Crippen molar-refractivity contribution in [2.24, 2.45) is 5.73 Å². The second-order valence-corrected chi connectivity index (χ2v) is 7.16. The predicted molar refractivity (Wildman–Crippen MR) is 109 cm³/mol. The first-order valence-corrected chi connectivity index (χ1v) is 10.4. The van der Waals surface area contributed by atoms with E-state index in [1.54, 1.807) is 12.1 Å². The van der Waals surface area contributed by atoms with E-state index >= 15 is 0 Å². The predicted octanol–water partition coefficient (Wildman–Crippen LogP) is 4.90. The molecule has 0 aliphatic carbocycles. The van der Waals surface area contributed by atoms with Crippen LogP contribution in [0.2, 0.25) is 0 Å². The number of primary amides is 1. The molecule has 0 heterocycles. The highest BCUT2D eigenvalue weighted by molar-refractivity contribution is 5.93. The number of hydroxylamine groups is 1. The molecule has 1 aromatic rings. The Kier molecular flexibility index (Phi) is 13.0. The van der Waals surface area contributed by atoms with Crippen LogP contribution >= 0.6 is 0 Å². The molecule has 0 spiro atoms. The highest BCUT2D eigenvalue weighted by atomic mass is 16.7. The monoisotopic (exact) mass is 376 g/mol. The molecular formula is C22H36N2O3. The molecule has 0 radical (unpaired) electrons. The number of hydrogen-bond donors (Lipinski definition) is 2. The third-order valence-electron chi connectivity index (χ3n) is 4.68. The summed E-state index contributed by atoms with van der Waals surface area (Å²) in [5, 5.41) is 0. The molecule has 1 unspecified atom stereocenters. The molecule has 0 fully saturated rings. The van der Waals surface area contributed by atoms with Crippen molar-refractivity contribution in [3.8, 4) is 0 Å². The zero-order valence-corrected chi connectivity index (χ0v) is 16.8. The van der Waals surface area contributed by atoms with Crippen LogP contribution in [0, 0.1) is 0 Å². The molecule has 1 aromatic carbocycles. The summed E-state index contributed by atoms with van der Waals surface area (Å²) in [6.07, 6.45) is 12.6. The van der Waals surface area contributed by atoms with Gasteiger partial charge in [-0.2, -0.15) is 0 Å². The lowest BCUT2D eigenvalue weighted by molar-refractivity contribution is -0.118. The molecule has 0 saturated heterocycles. The number of benzene rings is 1. The van der Waals surface area contributed by atoms with Crippen LogP contribution in [0.3, 0.4) is 0 Å². The Labute approximate surface area is 164 Å². The van der Waals surface area contributed by atoms with Crippen LogP contribution in [0.25, 0.3) is 0 Å². The molecule has 0 aliphatic rings. The van der Waals surface area contributed by atoms with Crippen LogP contribution in [0.4, 0.5) is 0 Å². The van der Waals surface area contributed by atoms with E-state index in [-0.39, 0.29) is 17.9 Å². The van der Waals surface area contributed by atoms with Crippen LogP contribution in [0.15, 0.2) is 30.3 Å². The molecule has 0 saturated carbocycles. The fourth-order valence-corrected chi connectivity index (χ4v) is 3.06. The Morgan fingerprint density at radius 1 is 0.926 bits per heavy atom. The molecule has 5 heteroatoms. The van der Waals surface area contributed by atoms with Gasteiger partial charge in [0.15, 0.2) is 0 Å². The second-order valence-electron chi connectivity index (χ2n) is 7.16. The summed E-state index contributed by atoms with van der Waals surface area (Å²) in [7, 11) is 0. The van der Waals surface area contributed by atoms with Gasteiger partial charge < -0.3 is 5.73 Å². The van der Waals surface area contributed by atoms with Gasteiger partial charge in [-0.15, -0.1) is 0 Å². The van der Waals surface area contributed by atoms with E-state index in [9.17, 15) is 9.59 Å². The summed E-state index contributed by atoms with van der Waals surface area (Å²) in [4.78, 5) is 28.7.